The van der Waals surface area contributed by atoms with Crippen molar-refractivity contribution in [3.63, 3.8) is 0 Å². The first kappa shape index (κ1) is 29.5. The van der Waals surface area contributed by atoms with Crippen LogP contribution in [-0.2, 0) is 16.0 Å². The standard InChI is InChI=1S/C33H32N4O5/c1-22-9-6-7-14-29(22)37(2)33(42)35-26-17-15-23(16-18-26)19-30(38)34-27-13-8-12-25(20-27)28(21-31(39)40)36-32(41)24-10-4-3-5-11-24/h3-18,20,28H,19,21H2,1-2H3,(H,34,38)(H,35,42)(H,36,41)(H,39,40). The van der Waals surface area contributed by atoms with Crippen LogP contribution in [0, 0.1) is 6.92 Å². The van der Waals surface area contributed by atoms with Crippen molar-refractivity contribution in [1.29, 1.82) is 0 Å². The number of nitrogens with zero attached hydrogens (tertiary/aromatic N) is 1. The van der Waals surface area contributed by atoms with E-state index < -0.39 is 17.9 Å². The highest BCUT2D eigenvalue weighted by Crippen LogP contribution is 2.22. The summed E-state index contributed by atoms with van der Waals surface area (Å²) in [5.74, 6) is -1.73. The Kier molecular flexibility index (Phi) is 9.68. The van der Waals surface area contributed by atoms with Crippen LogP contribution >= 0.6 is 0 Å². The molecule has 42 heavy (non-hydrogen) atoms. The van der Waals surface area contributed by atoms with Crippen molar-refractivity contribution in [3.05, 3.63) is 125 Å². The summed E-state index contributed by atoms with van der Waals surface area (Å²) in [7, 11) is 1.70. The van der Waals surface area contributed by atoms with Gasteiger partial charge in [-0.15, -0.1) is 0 Å². The molecule has 0 aliphatic heterocycles. The monoisotopic (exact) mass is 564 g/mol. The van der Waals surface area contributed by atoms with Crippen LogP contribution in [-0.4, -0.2) is 36.0 Å². The first-order valence-corrected chi connectivity index (χ1v) is 13.4. The number of aliphatic carboxylic acids is 1. The molecule has 0 aliphatic carbocycles. The number of carboxylic acids is 1. The predicted molar refractivity (Wildman–Crippen MR) is 163 cm³/mol. The quantitative estimate of drug-likeness (QED) is 0.194. The summed E-state index contributed by atoms with van der Waals surface area (Å²) in [6, 6.07) is 28.8. The van der Waals surface area contributed by atoms with Gasteiger partial charge in [0.2, 0.25) is 5.91 Å². The van der Waals surface area contributed by atoms with Crippen LogP contribution in [0.15, 0.2) is 103 Å². The average Bonchev–Trinajstić information content (AvgIpc) is 2.98. The number of aryl methyl sites for hydroxylation is 1. The van der Waals surface area contributed by atoms with Crippen LogP contribution in [0.5, 0.6) is 0 Å². The summed E-state index contributed by atoms with van der Waals surface area (Å²) in [6.45, 7) is 1.94. The van der Waals surface area contributed by atoms with Crippen LogP contribution < -0.4 is 20.9 Å². The number of carboxylic acid groups (broad SMARTS) is 1. The second kappa shape index (κ2) is 13.8. The number of benzene rings is 4. The third-order valence-corrected chi connectivity index (χ3v) is 6.64. The van der Waals surface area contributed by atoms with E-state index in [9.17, 15) is 24.3 Å². The summed E-state index contributed by atoms with van der Waals surface area (Å²) in [4.78, 5) is 51.2. The first-order valence-electron chi connectivity index (χ1n) is 13.4. The molecule has 4 amide bonds. The van der Waals surface area contributed by atoms with Gasteiger partial charge in [0, 0.05) is 29.7 Å². The van der Waals surface area contributed by atoms with Gasteiger partial charge in [-0.05, 0) is 66.1 Å². The fourth-order valence-corrected chi connectivity index (χ4v) is 4.44. The number of hydrogen-bond donors (Lipinski definition) is 4. The highest BCUT2D eigenvalue weighted by molar-refractivity contribution is 6.02. The smallest absolute Gasteiger partial charge is 0.326 e. The van der Waals surface area contributed by atoms with E-state index in [4.69, 9.17) is 0 Å². The van der Waals surface area contributed by atoms with Gasteiger partial charge in [-0.2, -0.15) is 0 Å². The lowest BCUT2D eigenvalue weighted by Crippen LogP contribution is -2.31. The summed E-state index contributed by atoms with van der Waals surface area (Å²) in [5.41, 5.74) is 4.57. The molecule has 0 saturated carbocycles. The van der Waals surface area contributed by atoms with Crippen molar-refractivity contribution in [2.24, 2.45) is 0 Å². The van der Waals surface area contributed by atoms with Crippen molar-refractivity contribution >= 4 is 40.9 Å². The molecule has 0 heterocycles. The Morgan fingerprint density at radius 2 is 1.48 bits per heavy atom. The fraction of sp³-hybridized carbons (Fsp3) is 0.152. The molecule has 1 atom stereocenters. The zero-order valence-corrected chi connectivity index (χ0v) is 23.3. The summed E-state index contributed by atoms with van der Waals surface area (Å²) < 4.78 is 0. The summed E-state index contributed by atoms with van der Waals surface area (Å²) in [5, 5.41) is 17.9. The van der Waals surface area contributed by atoms with Gasteiger partial charge in [-0.1, -0.05) is 60.7 Å². The van der Waals surface area contributed by atoms with Crippen molar-refractivity contribution in [2.45, 2.75) is 25.8 Å². The summed E-state index contributed by atoms with van der Waals surface area (Å²) in [6.07, 6.45) is -0.232. The molecule has 0 spiro atoms. The molecule has 0 saturated heterocycles. The van der Waals surface area contributed by atoms with Crippen LogP contribution in [0.4, 0.5) is 21.9 Å². The second-order valence-corrected chi connectivity index (χ2v) is 9.81. The molecule has 0 bridgehead atoms. The van der Waals surface area contributed by atoms with Crippen LogP contribution in [0.2, 0.25) is 0 Å². The number of amides is 4. The third-order valence-electron chi connectivity index (χ3n) is 6.64. The summed E-state index contributed by atoms with van der Waals surface area (Å²) >= 11 is 0. The maximum atomic E-state index is 12.8. The number of urea groups is 1. The topological polar surface area (TPSA) is 128 Å². The van der Waals surface area contributed by atoms with Gasteiger partial charge in [0.15, 0.2) is 0 Å². The van der Waals surface area contributed by atoms with Gasteiger partial charge >= 0.3 is 12.0 Å². The van der Waals surface area contributed by atoms with Gasteiger partial charge in [-0.3, -0.25) is 19.3 Å². The number of rotatable bonds is 10. The van der Waals surface area contributed by atoms with Crippen molar-refractivity contribution in [1.82, 2.24) is 5.32 Å². The lowest BCUT2D eigenvalue weighted by atomic mass is 10.0. The van der Waals surface area contributed by atoms with Gasteiger partial charge in [0.05, 0.1) is 18.9 Å². The van der Waals surface area contributed by atoms with E-state index in [1.807, 2.05) is 31.2 Å². The lowest BCUT2D eigenvalue weighted by molar-refractivity contribution is -0.137. The fourth-order valence-electron chi connectivity index (χ4n) is 4.44. The molecule has 0 aromatic heterocycles. The lowest BCUT2D eigenvalue weighted by Gasteiger charge is -2.20. The molecule has 4 rings (SSSR count). The van der Waals surface area contributed by atoms with Crippen LogP contribution in [0.1, 0.15) is 39.5 Å². The van der Waals surface area contributed by atoms with Gasteiger partial charge < -0.3 is 21.1 Å². The number of nitrogens with one attached hydrogen (secondary N) is 3. The van der Waals surface area contributed by atoms with Crippen molar-refractivity contribution in [3.8, 4) is 0 Å². The van der Waals surface area contributed by atoms with Crippen LogP contribution in [0.25, 0.3) is 0 Å². The number of hydrogen-bond acceptors (Lipinski definition) is 4. The SMILES string of the molecule is Cc1ccccc1N(C)C(=O)Nc1ccc(CC(=O)Nc2cccc(C(CC(=O)O)NC(=O)c3ccccc3)c2)cc1. The Hall–Kier alpha value is -5.44. The normalized spacial score (nSPS) is 11.2. The molecule has 0 aliphatic rings. The average molecular weight is 565 g/mol. The maximum absolute atomic E-state index is 12.8. The molecule has 4 aromatic rings. The van der Waals surface area contributed by atoms with Crippen molar-refractivity contribution < 1.29 is 24.3 Å². The first-order chi connectivity index (χ1) is 20.2. The Balaban J connectivity index is 1.36. The Bertz CT molecular complexity index is 1570. The van der Waals surface area contributed by atoms with E-state index in [1.54, 1.807) is 90.8 Å². The predicted octanol–water partition coefficient (Wildman–Crippen LogP) is 5.79. The number of anilines is 3. The third kappa shape index (κ3) is 8.04. The molecule has 0 radical (unpaired) electrons. The molecule has 1 unspecified atom stereocenters. The van der Waals surface area contributed by atoms with E-state index >= 15 is 0 Å². The zero-order valence-electron chi connectivity index (χ0n) is 23.3. The zero-order chi connectivity index (χ0) is 30.1. The van der Waals surface area contributed by atoms with E-state index in [0.29, 0.717) is 22.5 Å². The van der Waals surface area contributed by atoms with Gasteiger partial charge in [-0.25, -0.2) is 4.79 Å². The molecular weight excluding hydrogens is 532 g/mol. The molecule has 9 nitrogen and oxygen atoms in total. The van der Waals surface area contributed by atoms with Crippen LogP contribution in [0.3, 0.4) is 0 Å². The van der Waals surface area contributed by atoms with Crippen molar-refractivity contribution in [2.75, 3.05) is 22.6 Å². The van der Waals surface area contributed by atoms with E-state index in [1.165, 1.54) is 0 Å². The van der Waals surface area contributed by atoms with E-state index in [2.05, 4.69) is 16.0 Å². The Morgan fingerprint density at radius 3 is 2.17 bits per heavy atom. The minimum absolute atomic E-state index is 0.0882. The number of carbonyl (C=O) groups is 4. The second-order valence-electron chi connectivity index (χ2n) is 9.81. The minimum atomic E-state index is -1.07. The molecule has 4 aromatic carbocycles. The Labute approximate surface area is 244 Å². The maximum Gasteiger partial charge on any atom is 0.326 e. The van der Waals surface area contributed by atoms with E-state index in [-0.39, 0.29) is 24.8 Å². The van der Waals surface area contributed by atoms with Gasteiger partial charge in [0.25, 0.3) is 5.91 Å². The molecule has 0 fully saturated rings. The highest BCUT2D eigenvalue weighted by Gasteiger charge is 2.20. The minimum Gasteiger partial charge on any atom is -0.481 e. The largest absolute Gasteiger partial charge is 0.481 e. The van der Waals surface area contributed by atoms with Gasteiger partial charge in [0.1, 0.15) is 0 Å². The highest BCUT2D eigenvalue weighted by atomic mass is 16.4. The number of para-hydroxylation sites is 1. The van der Waals surface area contributed by atoms with E-state index in [0.717, 1.165) is 16.8 Å². The molecule has 4 N–H and O–H groups in total. The molecule has 214 valence electrons. The number of carbonyl (C=O) groups excluding carboxylic acids is 3. The Morgan fingerprint density at radius 1 is 0.786 bits per heavy atom. The molecule has 9 heteroatoms. The molecular formula is C33H32N4O5.